The van der Waals surface area contributed by atoms with Crippen LogP contribution in [-0.4, -0.2) is 34.8 Å². The molecule has 1 aromatic rings. The van der Waals surface area contributed by atoms with Gasteiger partial charge in [0.05, 0.1) is 12.4 Å². The molecule has 5 heteroatoms. The summed E-state index contributed by atoms with van der Waals surface area (Å²) in [5, 5.41) is 9.07. The van der Waals surface area contributed by atoms with E-state index in [9.17, 15) is 4.79 Å². The number of likely N-dealkylation sites (tertiary alicyclic amines) is 1. The van der Waals surface area contributed by atoms with Gasteiger partial charge in [0.15, 0.2) is 0 Å². The van der Waals surface area contributed by atoms with Crippen molar-refractivity contribution in [3.63, 3.8) is 0 Å². The molecular formula is C13H16BrNO2S. The predicted octanol–water partition coefficient (Wildman–Crippen LogP) is 2.66. The predicted molar refractivity (Wildman–Crippen MR) is 76.6 cm³/mol. The van der Waals surface area contributed by atoms with Gasteiger partial charge >= 0.3 is 0 Å². The van der Waals surface area contributed by atoms with E-state index in [0.29, 0.717) is 5.75 Å². The number of aliphatic hydroxyl groups is 1. The van der Waals surface area contributed by atoms with Crippen LogP contribution in [0, 0.1) is 0 Å². The summed E-state index contributed by atoms with van der Waals surface area (Å²) in [6, 6.07) is 5.78. The van der Waals surface area contributed by atoms with E-state index in [1.54, 1.807) is 11.8 Å². The van der Waals surface area contributed by atoms with Gasteiger partial charge in [-0.15, -0.1) is 11.8 Å². The van der Waals surface area contributed by atoms with Crippen molar-refractivity contribution in [2.45, 2.75) is 24.3 Å². The molecule has 1 aliphatic heterocycles. The van der Waals surface area contributed by atoms with Crippen LogP contribution in [0.25, 0.3) is 0 Å². The maximum absolute atomic E-state index is 11.9. The number of carbonyl (C=O) groups is 1. The summed E-state index contributed by atoms with van der Waals surface area (Å²) in [5.41, 5.74) is 0.866. The third kappa shape index (κ3) is 3.49. The fourth-order valence-electron chi connectivity index (χ4n) is 1.95. The van der Waals surface area contributed by atoms with Crippen molar-refractivity contribution in [3.05, 3.63) is 28.2 Å². The van der Waals surface area contributed by atoms with Gasteiger partial charge in [0.2, 0.25) is 5.91 Å². The Labute approximate surface area is 120 Å². The summed E-state index contributed by atoms with van der Waals surface area (Å²) in [7, 11) is 0. The molecule has 1 N–H and O–H groups in total. The minimum absolute atomic E-state index is 0.0260. The first kappa shape index (κ1) is 13.9. The highest BCUT2D eigenvalue weighted by Crippen LogP contribution is 2.26. The van der Waals surface area contributed by atoms with Gasteiger partial charge in [0.1, 0.15) is 0 Å². The number of aliphatic hydroxyl groups excluding tert-OH is 1. The molecular weight excluding hydrogens is 314 g/mol. The van der Waals surface area contributed by atoms with Gasteiger partial charge in [0.25, 0.3) is 0 Å². The molecule has 98 valence electrons. The summed E-state index contributed by atoms with van der Waals surface area (Å²) in [5.74, 6) is 0.713. The summed E-state index contributed by atoms with van der Waals surface area (Å²) >= 11 is 4.96. The van der Waals surface area contributed by atoms with Crippen molar-refractivity contribution in [2.75, 3.05) is 18.8 Å². The zero-order chi connectivity index (χ0) is 13.0. The van der Waals surface area contributed by atoms with Gasteiger partial charge in [-0.1, -0.05) is 22.0 Å². The molecule has 0 radical (unpaired) electrons. The molecule has 0 aliphatic carbocycles. The molecule has 18 heavy (non-hydrogen) atoms. The molecule has 1 amide bonds. The molecule has 1 saturated heterocycles. The second kappa shape index (κ2) is 6.59. The molecule has 1 aromatic carbocycles. The van der Waals surface area contributed by atoms with E-state index in [4.69, 9.17) is 5.11 Å². The number of carbonyl (C=O) groups excluding carboxylic acids is 1. The van der Waals surface area contributed by atoms with Crippen molar-refractivity contribution in [2.24, 2.45) is 0 Å². The average molecular weight is 330 g/mol. The number of hydrogen-bond donors (Lipinski definition) is 1. The maximum Gasteiger partial charge on any atom is 0.232 e. The fraction of sp³-hybridized carbons (Fsp3) is 0.462. The topological polar surface area (TPSA) is 40.5 Å². The Morgan fingerprint density at radius 2 is 2.11 bits per heavy atom. The third-order valence-electron chi connectivity index (χ3n) is 3.02. The molecule has 0 aromatic heterocycles. The monoisotopic (exact) mass is 329 g/mol. The smallest absolute Gasteiger partial charge is 0.232 e. The number of thioether (sulfide) groups is 1. The van der Waals surface area contributed by atoms with Crippen LogP contribution in [0.5, 0.6) is 0 Å². The van der Waals surface area contributed by atoms with Gasteiger partial charge in [-0.25, -0.2) is 0 Å². The second-order valence-corrected chi connectivity index (χ2v) is 6.19. The molecule has 2 rings (SSSR count). The molecule has 0 spiro atoms. The van der Waals surface area contributed by atoms with Gasteiger partial charge < -0.3 is 10.0 Å². The minimum Gasteiger partial charge on any atom is -0.392 e. The quantitative estimate of drug-likeness (QED) is 0.863. The zero-order valence-electron chi connectivity index (χ0n) is 10.1. The lowest BCUT2D eigenvalue weighted by atomic mass is 10.2. The highest BCUT2D eigenvalue weighted by molar-refractivity contribution is 9.10. The number of rotatable bonds is 4. The van der Waals surface area contributed by atoms with Crippen molar-refractivity contribution in [1.82, 2.24) is 4.90 Å². The molecule has 1 fully saturated rings. The second-order valence-electron chi connectivity index (χ2n) is 4.29. The number of hydrogen-bond acceptors (Lipinski definition) is 3. The fourth-order valence-corrected chi connectivity index (χ4v) is 3.44. The van der Waals surface area contributed by atoms with Crippen LogP contribution in [0.1, 0.15) is 18.4 Å². The van der Waals surface area contributed by atoms with Gasteiger partial charge in [-0.05, 0) is 30.5 Å². The van der Waals surface area contributed by atoms with Crippen LogP contribution in [0.3, 0.4) is 0 Å². The standard InChI is InChI=1S/C13H16BrNO2S/c14-12-7-11(4-3-10(12)8-16)18-9-13(17)15-5-1-2-6-15/h3-4,7,16H,1-2,5-6,8-9H2. The molecule has 0 saturated carbocycles. The zero-order valence-corrected chi connectivity index (χ0v) is 12.5. The molecule has 1 heterocycles. The lowest BCUT2D eigenvalue weighted by molar-refractivity contribution is -0.127. The van der Waals surface area contributed by atoms with Crippen LogP contribution >= 0.6 is 27.7 Å². The van der Waals surface area contributed by atoms with Crippen molar-refractivity contribution < 1.29 is 9.90 Å². The first-order chi connectivity index (χ1) is 8.70. The van der Waals surface area contributed by atoms with E-state index in [-0.39, 0.29) is 12.5 Å². The van der Waals surface area contributed by atoms with E-state index in [1.165, 1.54) is 0 Å². The lowest BCUT2D eigenvalue weighted by Gasteiger charge is -2.14. The first-order valence-corrected chi connectivity index (χ1v) is 7.78. The Balaban J connectivity index is 1.89. The van der Waals surface area contributed by atoms with Crippen molar-refractivity contribution >= 4 is 33.6 Å². The Morgan fingerprint density at radius 3 is 2.72 bits per heavy atom. The molecule has 0 bridgehead atoms. The molecule has 3 nitrogen and oxygen atoms in total. The summed E-state index contributed by atoms with van der Waals surface area (Å²) < 4.78 is 0.892. The van der Waals surface area contributed by atoms with E-state index < -0.39 is 0 Å². The van der Waals surface area contributed by atoms with Crippen LogP contribution in [0.2, 0.25) is 0 Å². The lowest BCUT2D eigenvalue weighted by Crippen LogP contribution is -2.29. The normalized spacial score (nSPS) is 15.1. The molecule has 1 aliphatic rings. The van der Waals surface area contributed by atoms with Crippen molar-refractivity contribution in [3.8, 4) is 0 Å². The summed E-state index contributed by atoms with van der Waals surface area (Å²) in [6.45, 7) is 1.84. The average Bonchev–Trinajstić information content (AvgIpc) is 2.90. The molecule has 0 atom stereocenters. The Hall–Kier alpha value is -0.520. The summed E-state index contributed by atoms with van der Waals surface area (Å²) in [6.07, 6.45) is 2.26. The van der Waals surface area contributed by atoms with E-state index in [1.807, 2.05) is 23.1 Å². The van der Waals surface area contributed by atoms with Gasteiger partial charge in [-0.2, -0.15) is 0 Å². The van der Waals surface area contributed by atoms with Crippen molar-refractivity contribution in [1.29, 1.82) is 0 Å². The van der Waals surface area contributed by atoms with Crippen LogP contribution < -0.4 is 0 Å². The van der Waals surface area contributed by atoms with Gasteiger partial charge in [0, 0.05) is 22.5 Å². The van der Waals surface area contributed by atoms with E-state index in [2.05, 4.69) is 15.9 Å². The SMILES string of the molecule is O=C(CSc1ccc(CO)c(Br)c1)N1CCCC1. The third-order valence-corrected chi connectivity index (χ3v) is 4.73. The first-order valence-electron chi connectivity index (χ1n) is 6.00. The summed E-state index contributed by atoms with van der Waals surface area (Å²) in [4.78, 5) is 14.9. The maximum atomic E-state index is 11.9. The van der Waals surface area contributed by atoms with Crippen LogP contribution in [0.4, 0.5) is 0 Å². The Kier molecular flexibility index (Phi) is 5.09. The number of benzene rings is 1. The van der Waals surface area contributed by atoms with E-state index >= 15 is 0 Å². The van der Waals surface area contributed by atoms with Gasteiger partial charge in [-0.3, -0.25) is 4.79 Å². The Morgan fingerprint density at radius 1 is 1.39 bits per heavy atom. The van der Waals surface area contributed by atoms with Crippen LogP contribution in [0.15, 0.2) is 27.6 Å². The number of amides is 1. The Bertz CT molecular complexity index is 433. The minimum atomic E-state index is 0.0260. The molecule has 0 unspecified atom stereocenters. The highest BCUT2D eigenvalue weighted by Gasteiger charge is 2.17. The van der Waals surface area contributed by atoms with E-state index in [0.717, 1.165) is 40.9 Å². The number of halogens is 1. The van der Waals surface area contributed by atoms with Crippen LogP contribution in [-0.2, 0) is 11.4 Å². The number of nitrogens with zero attached hydrogens (tertiary/aromatic N) is 1. The largest absolute Gasteiger partial charge is 0.392 e. The highest BCUT2D eigenvalue weighted by atomic mass is 79.9.